The summed E-state index contributed by atoms with van der Waals surface area (Å²) in [6.45, 7) is 3.71. The standard InChI is InChI=1S/C23H24N6O2/c30-21-13-18(15-29(21)14-17-5-7-24-8-6-17)23(31)28-11-9-27(10-12-28)22-19-3-1-2-4-20(19)25-16-26-22/h1-8,16,18H,9-15H2. The monoisotopic (exact) mass is 416 g/mol. The molecule has 8 nitrogen and oxygen atoms in total. The van der Waals surface area contributed by atoms with Crippen molar-refractivity contribution in [2.24, 2.45) is 5.92 Å². The number of carbonyl (C=O) groups excluding carboxylic acids is 2. The van der Waals surface area contributed by atoms with Gasteiger partial charge >= 0.3 is 0 Å². The molecule has 2 amide bonds. The number of aromatic nitrogens is 3. The van der Waals surface area contributed by atoms with Crippen molar-refractivity contribution in [3.05, 3.63) is 60.7 Å². The Labute approximate surface area is 180 Å². The summed E-state index contributed by atoms with van der Waals surface area (Å²) in [5.41, 5.74) is 1.95. The maximum absolute atomic E-state index is 13.1. The maximum Gasteiger partial charge on any atom is 0.228 e. The highest BCUT2D eigenvalue weighted by atomic mass is 16.2. The molecule has 3 aromatic rings. The van der Waals surface area contributed by atoms with Gasteiger partial charge in [0.05, 0.1) is 11.4 Å². The van der Waals surface area contributed by atoms with E-state index in [0.717, 1.165) is 22.3 Å². The van der Waals surface area contributed by atoms with E-state index in [0.29, 0.717) is 45.7 Å². The van der Waals surface area contributed by atoms with Crippen LogP contribution in [0.25, 0.3) is 10.9 Å². The average molecular weight is 416 g/mol. The van der Waals surface area contributed by atoms with Gasteiger partial charge in [-0.15, -0.1) is 0 Å². The predicted octanol–water partition coefficient (Wildman–Crippen LogP) is 1.72. The van der Waals surface area contributed by atoms with E-state index in [1.807, 2.05) is 41.3 Å². The largest absolute Gasteiger partial charge is 0.352 e. The van der Waals surface area contributed by atoms with Crippen LogP contribution < -0.4 is 4.90 Å². The van der Waals surface area contributed by atoms with Crippen LogP contribution in [-0.2, 0) is 16.1 Å². The van der Waals surface area contributed by atoms with Gasteiger partial charge in [0.15, 0.2) is 0 Å². The minimum atomic E-state index is -0.263. The van der Waals surface area contributed by atoms with Gasteiger partial charge in [-0.2, -0.15) is 0 Å². The number of amides is 2. The second-order valence-corrected chi connectivity index (χ2v) is 8.06. The van der Waals surface area contributed by atoms with Gasteiger partial charge in [0, 0.05) is 63.5 Å². The van der Waals surface area contributed by atoms with E-state index in [4.69, 9.17) is 0 Å². The van der Waals surface area contributed by atoms with Crippen LogP contribution in [0.5, 0.6) is 0 Å². The van der Waals surface area contributed by atoms with Crippen LogP contribution >= 0.6 is 0 Å². The first-order valence-electron chi connectivity index (χ1n) is 10.6. The number of hydrogen-bond donors (Lipinski definition) is 0. The molecule has 2 saturated heterocycles. The minimum Gasteiger partial charge on any atom is -0.352 e. The van der Waals surface area contributed by atoms with Crippen LogP contribution in [0.4, 0.5) is 5.82 Å². The van der Waals surface area contributed by atoms with Crippen molar-refractivity contribution in [3.8, 4) is 0 Å². The van der Waals surface area contributed by atoms with Crippen molar-refractivity contribution in [2.45, 2.75) is 13.0 Å². The molecule has 1 atom stereocenters. The number of pyridine rings is 1. The van der Waals surface area contributed by atoms with E-state index < -0.39 is 0 Å². The van der Waals surface area contributed by atoms with Crippen molar-refractivity contribution < 1.29 is 9.59 Å². The molecule has 0 aliphatic carbocycles. The third-order valence-electron chi connectivity index (χ3n) is 6.10. The number of nitrogens with zero attached hydrogens (tertiary/aromatic N) is 6. The number of hydrogen-bond acceptors (Lipinski definition) is 6. The lowest BCUT2D eigenvalue weighted by atomic mass is 10.1. The number of fused-ring (bicyclic) bond motifs is 1. The molecule has 2 fully saturated rings. The number of benzene rings is 1. The van der Waals surface area contributed by atoms with Crippen molar-refractivity contribution in [3.63, 3.8) is 0 Å². The molecule has 0 N–H and O–H groups in total. The maximum atomic E-state index is 13.1. The molecule has 1 aromatic carbocycles. The first-order chi connectivity index (χ1) is 15.2. The lowest BCUT2D eigenvalue weighted by Gasteiger charge is -2.36. The predicted molar refractivity (Wildman–Crippen MR) is 116 cm³/mol. The second kappa shape index (κ2) is 8.29. The third kappa shape index (κ3) is 3.93. The fourth-order valence-corrected chi connectivity index (χ4v) is 4.44. The zero-order valence-electron chi connectivity index (χ0n) is 17.2. The molecule has 8 heteroatoms. The van der Waals surface area contributed by atoms with Gasteiger partial charge in [0.25, 0.3) is 0 Å². The van der Waals surface area contributed by atoms with Gasteiger partial charge in [-0.05, 0) is 29.8 Å². The zero-order valence-corrected chi connectivity index (χ0v) is 17.2. The fraction of sp³-hybridized carbons (Fsp3) is 0.348. The van der Waals surface area contributed by atoms with Crippen molar-refractivity contribution >= 4 is 28.5 Å². The Morgan fingerprint density at radius 1 is 1.00 bits per heavy atom. The van der Waals surface area contributed by atoms with Gasteiger partial charge in [-0.1, -0.05) is 12.1 Å². The van der Waals surface area contributed by atoms with Crippen LogP contribution in [0.2, 0.25) is 0 Å². The fourth-order valence-electron chi connectivity index (χ4n) is 4.44. The molecule has 1 unspecified atom stereocenters. The molecule has 31 heavy (non-hydrogen) atoms. The van der Waals surface area contributed by atoms with Crippen molar-refractivity contribution in [1.82, 2.24) is 24.8 Å². The molecule has 2 aliphatic heterocycles. The molecule has 5 rings (SSSR count). The summed E-state index contributed by atoms with van der Waals surface area (Å²) in [6, 6.07) is 11.8. The number of anilines is 1. The first-order valence-corrected chi connectivity index (χ1v) is 10.6. The average Bonchev–Trinajstić information content (AvgIpc) is 3.19. The molecule has 0 radical (unpaired) electrons. The summed E-state index contributed by atoms with van der Waals surface area (Å²) in [4.78, 5) is 44.3. The Kier molecular flexibility index (Phi) is 5.19. The number of likely N-dealkylation sites (tertiary alicyclic amines) is 1. The van der Waals surface area contributed by atoms with Gasteiger partial charge in [0.1, 0.15) is 12.1 Å². The van der Waals surface area contributed by atoms with Gasteiger partial charge in [-0.3, -0.25) is 14.6 Å². The number of piperazine rings is 1. The molecular formula is C23H24N6O2. The lowest BCUT2D eigenvalue weighted by Crippen LogP contribution is -2.51. The van der Waals surface area contributed by atoms with E-state index in [9.17, 15) is 9.59 Å². The summed E-state index contributed by atoms with van der Waals surface area (Å²) in [5.74, 6) is 0.775. The summed E-state index contributed by atoms with van der Waals surface area (Å²) in [5, 5.41) is 1.03. The molecule has 2 aliphatic rings. The molecule has 0 spiro atoms. The molecule has 0 bridgehead atoms. The normalized spacial score (nSPS) is 19.3. The van der Waals surface area contributed by atoms with E-state index in [1.54, 1.807) is 23.6 Å². The summed E-state index contributed by atoms with van der Waals surface area (Å²) in [6.07, 6.45) is 5.33. The minimum absolute atomic E-state index is 0.0428. The second-order valence-electron chi connectivity index (χ2n) is 8.06. The number of para-hydroxylation sites is 1. The Bertz CT molecular complexity index is 1090. The Morgan fingerprint density at radius 3 is 2.58 bits per heavy atom. The summed E-state index contributed by atoms with van der Waals surface area (Å²) < 4.78 is 0. The van der Waals surface area contributed by atoms with Crippen molar-refractivity contribution in [2.75, 3.05) is 37.6 Å². The topological polar surface area (TPSA) is 82.5 Å². The highest BCUT2D eigenvalue weighted by molar-refractivity contribution is 5.90. The number of rotatable bonds is 4. The Hall–Kier alpha value is -3.55. The van der Waals surface area contributed by atoms with E-state index in [1.165, 1.54) is 0 Å². The highest BCUT2D eigenvalue weighted by Crippen LogP contribution is 2.26. The summed E-state index contributed by atoms with van der Waals surface area (Å²) >= 11 is 0. The quantitative estimate of drug-likeness (QED) is 0.644. The summed E-state index contributed by atoms with van der Waals surface area (Å²) in [7, 11) is 0. The smallest absolute Gasteiger partial charge is 0.228 e. The number of carbonyl (C=O) groups is 2. The Morgan fingerprint density at radius 2 is 1.77 bits per heavy atom. The van der Waals surface area contributed by atoms with Gasteiger partial charge in [-0.25, -0.2) is 9.97 Å². The molecule has 2 aromatic heterocycles. The molecule has 4 heterocycles. The van der Waals surface area contributed by atoms with Crippen LogP contribution in [0.1, 0.15) is 12.0 Å². The third-order valence-corrected chi connectivity index (χ3v) is 6.10. The first kappa shape index (κ1) is 19.4. The molecule has 158 valence electrons. The highest BCUT2D eigenvalue weighted by Gasteiger charge is 2.37. The van der Waals surface area contributed by atoms with Crippen LogP contribution in [0, 0.1) is 5.92 Å². The van der Waals surface area contributed by atoms with E-state index in [-0.39, 0.29) is 17.7 Å². The van der Waals surface area contributed by atoms with Crippen molar-refractivity contribution in [1.29, 1.82) is 0 Å². The van der Waals surface area contributed by atoms with Crippen LogP contribution in [-0.4, -0.2) is 69.3 Å². The lowest BCUT2D eigenvalue weighted by molar-refractivity contribution is -0.136. The molecule has 0 saturated carbocycles. The van der Waals surface area contributed by atoms with Crippen LogP contribution in [0.15, 0.2) is 55.1 Å². The zero-order chi connectivity index (χ0) is 21.2. The van der Waals surface area contributed by atoms with Crippen LogP contribution in [0.3, 0.4) is 0 Å². The Balaban J connectivity index is 1.21. The SMILES string of the molecule is O=C1CC(C(=O)N2CCN(c3ncnc4ccccc34)CC2)CN1Cc1ccncc1. The molecular weight excluding hydrogens is 392 g/mol. The van der Waals surface area contributed by atoms with Gasteiger partial charge < -0.3 is 14.7 Å². The van der Waals surface area contributed by atoms with E-state index >= 15 is 0 Å². The van der Waals surface area contributed by atoms with Gasteiger partial charge in [0.2, 0.25) is 11.8 Å². The van der Waals surface area contributed by atoms with E-state index in [2.05, 4.69) is 19.9 Å².